The molecule has 2 aromatic carbocycles. The van der Waals surface area contributed by atoms with E-state index in [2.05, 4.69) is 51.6 Å². The molecule has 2 amide bonds. The summed E-state index contributed by atoms with van der Waals surface area (Å²) < 4.78 is 0. The second-order valence-electron chi connectivity index (χ2n) is 7.31. The predicted octanol–water partition coefficient (Wildman–Crippen LogP) is 1.52. The fraction of sp³-hybridized carbons (Fsp3) is 0.364. The maximum absolute atomic E-state index is 12.1. The molecule has 0 aromatic heterocycles. The van der Waals surface area contributed by atoms with Crippen LogP contribution >= 0.6 is 0 Å². The second kappa shape index (κ2) is 9.93. The van der Waals surface area contributed by atoms with E-state index in [1.54, 1.807) is 24.3 Å². The van der Waals surface area contributed by atoms with Crippen molar-refractivity contribution in [1.82, 2.24) is 10.2 Å². The molecule has 0 saturated carbocycles. The number of nitrogens with two attached hydrogens (primary N) is 1. The van der Waals surface area contributed by atoms with E-state index in [1.165, 1.54) is 5.69 Å². The van der Waals surface area contributed by atoms with Gasteiger partial charge in [0.1, 0.15) is 0 Å². The number of rotatable bonds is 8. The van der Waals surface area contributed by atoms with Gasteiger partial charge in [0.2, 0.25) is 11.8 Å². The molecule has 4 N–H and O–H groups in total. The molecule has 1 atom stereocenters. The first kappa shape index (κ1) is 20.7. The molecule has 0 spiro atoms. The topological polar surface area (TPSA) is 90.7 Å². The van der Waals surface area contributed by atoms with E-state index in [0.29, 0.717) is 12.1 Å². The molecule has 2 aromatic rings. The number of amides is 2. The number of primary amides is 1. The van der Waals surface area contributed by atoms with Crippen molar-refractivity contribution in [2.75, 3.05) is 49.5 Å². The zero-order chi connectivity index (χ0) is 20.6. The van der Waals surface area contributed by atoms with E-state index in [1.807, 2.05) is 6.07 Å². The van der Waals surface area contributed by atoms with E-state index in [0.717, 1.165) is 31.9 Å². The predicted molar refractivity (Wildman–Crippen MR) is 116 cm³/mol. The van der Waals surface area contributed by atoms with Crippen LogP contribution in [0.1, 0.15) is 17.3 Å². The van der Waals surface area contributed by atoms with Gasteiger partial charge in [-0.25, -0.2) is 0 Å². The average Bonchev–Trinajstić information content (AvgIpc) is 2.77. The number of hydrogen-bond acceptors (Lipinski definition) is 5. The van der Waals surface area contributed by atoms with Gasteiger partial charge < -0.3 is 21.3 Å². The van der Waals surface area contributed by atoms with Crippen molar-refractivity contribution in [3.05, 3.63) is 60.2 Å². The van der Waals surface area contributed by atoms with Crippen LogP contribution in [0.4, 0.5) is 11.4 Å². The average molecular weight is 396 g/mol. The van der Waals surface area contributed by atoms with Crippen LogP contribution < -0.4 is 21.3 Å². The lowest BCUT2D eigenvalue weighted by Crippen LogP contribution is -2.52. The summed E-state index contributed by atoms with van der Waals surface area (Å²) in [6, 6.07) is 17.5. The summed E-state index contributed by atoms with van der Waals surface area (Å²) in [6.07, 6.45) is 0. The van der Waals surface area contributed by atoms with Crippen LogP contribution in [-0.2, 0) is 4.79 Å². The quantitative estimate of drug-likeness (QED) is 0.631. The third-order valence-corrected chi connectivity index (χ3v) is 5.28. The Morgan fingerprint density at radius 2 is 1.66 bits per heavy atom. The van der Waals surface area contributed by atoms with Gasteiger partial charge in [0, 0.05) is 55.7 Å². The number of anilines is 2. The Morgan fingerprint density at radius 3 is 2.28 bits per heavy atom. The summed E-state index contributed by atoms with van der Waals surface area (Å²) in [5.41, 5.74) is 7.71. The Kier molecular flexibility index (Phi) is 7.08. The van der Waals surface area contributed by atoms with Gasteiger partial charge in [-0.05, 0) is 43.3 Å². The number of carbonyl (C=O) groups excluding carboxylic acids is 2. The van der Waals surface area contributed by atoms with E-state index < -0.39 is 5.91 Å². The number of para-hydroxylation sites is 1. The highest BCUT2D eigenvalue weighted by Gasteiger charge is 2.21. The summed E-state index contributed by atoms with van der Waals surface area (Å²) in [4.78, 5) is 28.0. The minimum atomic E-state index is -0.465. The van der Waals surface area contributed by atoms with E-state index in [-0.39, 0.29) is 18.5 Å². The van der Waals surface area contributed by atoms with Gasteiger partial charge in [-0.1, -0.05) is 18.2 Å². The van der Waals surface area contributed by atoms with Crippen LogP contribution in [0.25, 0.3) is 0 Å². The lowest BCUT2D eigenvalue weighted by molar-refractivity contribution is -0.119. The highest BCUT2D eigenvalue weighted by Crippen LogP contribution is 2.16. The molecule has 7 nitrogen and oxygen atoms in total. The van der Waals surface area contributed by atoms with Gasteiger partial charge in [0.25, 0.3) is 0 Å². The van der Waals surface area contributed by atoms with Crippen LogP contribution in [0, 0.1) is 0 Å². The lowest BCUT2D eigenvalue weighted by atomic mass is 10.2. The molecule has 1 saturated heterocycles. The monoisotopic (exact) mass is 395 g/mol. The van der Waals surface area contributed by atoms with Crippen LogP contribution in [-0.4, -0.2) is 62.0 Å². The van der Waals surface area contributed by atoms with Gasteiger partial charge >= 0.3 is 0 Å². The molecule has 1 heterocycles. The number of hydrogen-bond donors (Lipinski definition) is 3. The highest BCUT2D eigenvalue weighted by atomic mass is 16.2. The molecule has 0 unspecified atom stereocenters. The van der Waals surface area contributed by atoms with E-state index in [4.69, 9.17) is 5.73 Å². The van der Waals surface area contributed by atoms with Gasteiger partial charge in [-0.2, -0.15) is 0 Å². The van der Waals surface area contributed by atoms with Crippen LogP contribution in [0.2, 0.25) is 0 Å². The summed E-state index contributed by atoms with van der Waals surface area (Å²) in [6.45, 7) is 6.90. The molecule has 0 aliphatic carbocycles. The summed E-state index contributed by atoms with van der Waals surface area (Å²) in [5.74, 6) is -0.522. The third-order valence-electron chi connectivity index (χ3n) is 5.28. The van der Waals surface area contributed by atoms with E-state index >= 15 is 0 Å². The SMILES string of the molecule is C[C@H](CNC(=O)CNc1ccc(C(N)=O)cc1)N1CCN(c2ccccc2)CC1. The molecule has 7 heteroatoms. The standard InChI is InChI=1S/C22H29N5O2/c1-17(26-11-13-27(14-12-26)20-5-3-2-4-6-20)15-25-21(28)16-24-19-9-7-18(8-10-19)22(23)29/h2-10,17,24H,11-16H2,1H3,(H2,23,29)(H,25,28)/t17-/m1/s1. The van der Waals surface area contributed by atoms with Crippen LogP contribution in [0.5, 0.6) is 0 Å². The second-order valence-corrected chi connectivity index (χ2v) is 7.31. The van der Waals surface area contributed by atoms with Crippen LogP contribution in [0.3, 0.4) is 0 Å². The van der Waals surface area contributed by atoms with Crippen LogP contribution in [0.15, 0.2) is 54.6 Å². The maximum atomic E-state index is 12.1. The Hall–Kier alpha value is -3.06. The number of carbonyl (C=O) groups is 2. The molecular weight excluding hydrogens is 366 g/mol. The maximum Gasteiger partial charge on any atom is 0.248 e. The molecule has 29 heavy (non-hydrogen) atoms. The summed E-state index contributed by atoms with van der Waals surface area (Å²) >= 11 is 0. The Balaban J connectivity index is 1.36. The summed E-state index contributed by atoms with van der Waals surface area (Å²) in [5, 5.41) is 6.05. The first-order chi connectivity index (χ1) is 14.0. The number of nitrogens with zero attached hydrogens (tertiary/aromatic N) is 2. The number of piperazine rings is 1. The molecule has 3 rings (SSSR count). The van der Waals surface area contributed by atoms with Gasteiger partial charge in [-0.3, -0.25) is 14.5 Å². The molecule has 0 radical (unpaired) electrons. The minimum Gasteiger partial charge on any atom is -0.376 e. The fourth-order valence-corrected chi connectivity index (χ4v) is 3.45. The molecule has 154 valence electrons. The zero-order valence-electron chi connectivity index (χ0n) is 16.8. The van der Waals surface area contributed by atoms with Crippen molar-refractivity contribution in [2.24, 2.45) is 5.73 Å². The Bertz CT molecular complexity index is 802. The Labute approximate surface area is 171 Å². The van der Waals surface area contributed by atoms with Crippen molar-refractivity contribution in [3.8, 4) is 0 Å². The van der Waals surface area contributed by atoms with Crippen molar-refractivity contribution in [3.63, 3.8) is 0 Å². The number of benzene rings is 2. The van der Waals surface area contributed by atoms with Crippen molar-refractivity contribution >= 4 is 23.2 Å². The third kappa shape index (κ3) is 5.96. The first-order valence-electron chi connectivity index (χ1n) is 9.97. The molecule has 1 fully saturated rings. The highest BCUT2D eigenvalue weighted by molar-refractivity contribution is 5.93. The van der Waals surface area contributed by atoms with Crippen molar-refractivity contribution < 1.29 is 9.59 Å². The normalized spacial score (nSPS) is 15.6. The lowest BCUT2D eigenvalue weighted by Gasteiger charge is -2.39. The zero-order valence-corrected chi connectivity index (χ0v) is 16.8. The van der Waals surface area contributed by atoms with E-state index in [9.17, 15) is 9.59 Å². The molecular formula is C22H29N5O2. The Morgan fingerprint density at radius 1 is 1.00 bits per heavy atom. The molecule has 0 bridgehead atoms. The van der Waals surface area contributed by atoms with Crippen molar-refractivity contribution in [1.29, 1.82) is 0 Å². The van der Waals surface area contributed by atoms with Gasteiger partial charge in [-0.15, -0.1) is 0 Å². The van der Waals surface area contributed by atoms with Crippen molar-refractivity contribution in [2.45, 2.75) is 13.0 Å². The smallest absolute Gasteiger partial charge is 0.248 e. The molecule has 1 aliphatic heterocycles. The summed E-state index contributed by atoms with van der Waals surface area (Å²) in [7, 11) is 0. The van der Waals surface area contributed by atoms with Gasteiger partial charge in [0.05, 0.1) is 6.54 Å². The fourth-order valence-electron chi connectivity index (χ4n) is 3.45. The first-order valence-corrected chi connectivity index (χ1v) is 9.97. The van der Waals surface area contributed by atoms with Gasteiger partial charge in [0.15, 0.2) is 0 Å². The largest absolute Gasteiger partial charge is 0.376 e. The minimum absolute atomic E-state index is 0.0567. The number of nitrogens with one attached hydrogen (secondary N) is 2. The molecule has 1 aliphatic rings.